The van der Waals surface area contributed by atoms with E-state index in [2.05, 4.69) is 21.0 Å². The summed E-state index contributed by atoms with van der Waals surface area (Å²) in [4.78, 5) is 25.2. The maximum absolute atomic E-state index is 12.6. The lowest BCUT2D eigenvalue weighted by molar-refractivity contribution is -0.140. The number of fused-ring (bicyclic) bond motifs is 5. The summed E-state index contributed by atoms with van der Waals surface area (Å²) < 4.78 is 6.16. The summed E-state index contributed by atoms with van der Waals surface area (Å²) in [5.41, 5.74) is 0.586. The van der Waals surface area contributed by atoms with Crippen molar-refractivity contribution in [3.05, 3.63) is 40.4 Å². The third-order valence-electron chi connectivity index (χ3n) is 5.02. The number of nitrogens with zero attached hydrogens (tertiary/aromatic N) is 3. The van der Waals surface area contributed by atoms with Gasteiger partial charge in [0.1, 0.15) is 11.8 Å². The van der Waals surface area contributed by atoms with E-state index < -0.39 is 0 Å². The molecule has 2 bridgehead atoms. The molecule has 0 N–H and O–H groups in total. The van der Waals surface area contributed by atoms with E-state index in [0.717, 1.165) is 15.9 Å². The zero-order valence-corrected chi connectivity index (χ0v) is 14.7. The van der Waals surface area contributed by atoms with Gasteiger partial charge in [-0.05, 0) is 36.5 Å². The van der Waals surface area contributed by atoms with Crippen LogP contribution < -0.4 is 4.74 Å². The molecular formula is C18H14BrN3O3. The first-order chi connectivity index (χ1) is 12.1. The number of amides is 2. The first-order valence-electron chi connectivity index (χ1n) is 7.99. The Morgan fingerprint density at radius 1 is 1.28 bits per heavy atom. The highest BCUT2D eigenvalue weighted by molar-refractivity contribution is 9.10. The molecule has 6 nitrogen and oxygen atoms in total. The summed E-state index contributed by atoms with van der Waals surface area (Å²) in [5.74, 6) is -0.197. The molecule has 4 unspecified atom stereocenters. The average molecular weight is 400 g/mol. The Kier molecular flexibility index (Phi) is 3.92. The normalized spacial score (nSPS) is 29.5. The summed E-state index contributed by atoms with van der Waals surface area (Å²) in [6.07, 6.45) is 6.42. The number of carbonyl (C=O) groups is 2. The van der Waals surface area contributed by atoms with Crippen LogP contribution in [0.15, 0.2) is 39.9 Å². The number of halogens is 1. The number of rotatable bonds is 4. The van der Waals surface area contributed by atoms with Gasteiger partial charge < -0.3 is 4.74 Å². The first-order valence-corrected chi connectivity index (χ1v) is 8.79. The van der Waals surface area contributed by atoms with E-state index in [0.29, 0.717) is 11.3 Å². The molecule has 1 aromatic rings. The van der Waals surface area contributed by atoms with Crippen molar-refractivity contribution in [1.82, 2.24) is 5.01 Å². The van der Waals surface area contributed by atoms with Crippen molar-refractivity contribution < 1.29 is 14.3 Å². The Balaban J connectivity index is 1.59. The Hall–Kier alpha value is -2.46. The van der Waals surface area contributed by atoms with Crippen LogP contribution in [0.2, 0.25) is 0 Å². The van der Waals surface area contributed by atoms with Gasteiger partial charge in [-0.3, -0.25) is 9.59 Å². The van der Waals surface area contributed by atoms with Crippen LogP contribution in [-0.4, -0.2) is 29.6 Å². The summed E-state index contributed by atoms with van der Waals surface area (Å²) in [6, 6.07) is 7.15. The van der Waals surface area contributed by atoms with Crippen LogP contribution in [0.1, 0.15) is 12.0 Å². The molecule has 1 saturated carbocycles. The first kappa shape index (κ1) is 16.0. The van der Waals surface area contributed by atoms with Crippen LogP contribution in [-0.2, 0) is 9.59 Å². The summed E-state index contributed by atoms with van der Waals surface area (Å²) in [5, 5.41) is 13.8. The van der Waals surface area contributed by atoms with E-state index in [9.17, 15) is 9.59 Å². The highest BCUT2D eigenvalue weighted by Gasteiger charge is 2.59. The van der Waals surface area contributed by atoms with E-state index >= 15 is 0 Å². The van der Waals surface area contributed by atoms with Gasteiger partial charge in [-0.25, -0.2) is 0 Å². The predicted octanol–water partition coefficient (Wildman–Crippen LogP) is 2.49. The molecular weight excluding hydrogens is 386 g/mol. The fraction of sp³-hybridized carbons (Fsp3) is 0.333. The number of hydrazone groups is 1. The molecule has 2 fully saturated rings. The highest BCUT2D eigenvalue weighted by atomic mass is 79.9. The van der Waals surface area contributed by atoms with Crippen molar-refractivity contribution in [3.63, 3.8) is 0 Å². The van der Waals surface area contributed by atoms with Crippen molar-refractivity contribution >= 4 is 34.0 Å². The highest BCUT2D eigenvalue weighted by Crippen LogP contribution is 2.52. The van der Waals surface area contributed by atoms with Gasteiger partial charge in [0.25, 0.3) is 11.8 Å². The maximum atomic E-state index is 12.6. The van der Waals surface area contributed by atoms with Crippen molar-refractivity contribution in [2.45, 2.75) is 6.42 Å². The van der Waals surface area contributed by atoms with E-state index in [1.165, 1.54) is 6.21 Å². The maximum Gasteiger partial charge on any atom is 0.254 e. The minimum absolute atomic E-state index is 0.0940. The minimum atomic E-state index is -0.267. The van der Waals surface area contributed by atoms with Crippen LogP contribution in [0, 0.1) is 35.0 Å². The molecule has 1 saturated heterocycles. The van der Waals surface area contributed by atoms with Gasteiger partial charge in [0.15, 0.2) is 6.61 Å². The van der Waals surface area contributed by atoms with E-state index in [-0.39, 0.29) is 42.1 Å². The molecule has 1 aliphatic heterocycles. The molecule has 0 radical (unpaired) electrons. The summed E-state index contributed by atoms with van der Waals surface area (Å²) in [6.45, 7) is -0.0940. The zero-order valence-electron chi connectivity index (χ0n) is 13.1. The third kappa shape index (κ3) is 2.57. The molecule has 2 amide bonds. The lowest BCUT2D eigenvalue weighted by Crippen LogP contribution is -2.28. The van der Waals surface area contributed by atoms with Gasteiger partial charge >= 0.3 is 0 Å². The number of imide groups is 1. The number of allylic oxidation sites excluding steroid dienone is 2. The Morgan fingerprint density at radius 2 is 1.96 bits per heavy atom. The molecule has 25 heavy (non-hydrogen) atoms. The number of hydrogen-bond donors (Lipinski definition) is 0. The van der Waals surface area contributed by atoms with Crippen LogP contribution in [0.25, 0.3) is 0 Å². The topological polar surface area (TPSA) is 82.8 Å². The van der Waals surface area contributed by atoms with Crippen LogP contribution in [0.3, 0.4) is 0 Å². The van der Waals surface area contributed by atoms with Crippen molar-refractivity contribution in [3.8, 4) is 11.8 Å². The zero-order chi connectivity index (χ0) is 17.6. The summed E-state index contributed by atoms with van der Waals surface area (Å²) in [7, 11) is 0. The SMILES string of the molecule is N#CCOc1ccc(Br)cc1C=NN1C(=O)C2C3C=CC(C3)C2C1=O. The van der Waals surface area contributed by atoms with Crippen molar-refractivity contribution in [2.75, 3.05) is 6.61 Å². The van der Waals surface area contributed by atoms with Gasteiger partial charge in [0, 0.05) is 10.0 Å². The van der Waals surface area contributed by atoms with Crippen LogP contribution in [0.5, 0.6) is 5.75 Å². The molecule has 2 aliphatic carbocycles. The Morgan fingerprint density at radius 3 is 2.60 bits per heavy atom. The molecule has 3 aliphatic rings. The second-order valence-electron chi connectivity index (χ2n) is 6.36. The lowest BCUT2D eigenvalue weighted by atomic mass is 9.85. The van der Waals surface area contributed by atoms with E-state index in [4.69, 9.17) is 10.00 Å². The molecule has 1 aromatic carbocycles. The monoisotopic (exact) mass is 399 g/mol. The molecule has 0 aromatic heterocycles. The minimum Gasteiger partial charge on any atom is -0.478 e. The number of nitriles is 1. The third-order valence-corrected chi connectivity index (χ3v) is 5.52. The molecule has 4 rings (SSSR count). The van der Waals surface area contributed by atoms with Gasteiger partial charge in [-0.2, -0.15) is 15.4 Å². The van der Waals surface area contributed by atoms with Crippen molar-refractivity contribution in [1.29, 1.82) is 5.26 Å². The molecule has 7 heteroatoms. The van der Waals surface area contributed by atoms with Crippen molar-refractivity contribution in [2.24, 2.45) is 28.8 Å². The molecule has 0 spiro atoms. The number of benzene rings is 1. The standard InChI is InChI=1S/C18H14BrN3O3/c19-13-3-4-14(25-6-5-20)12(8-13)9-21-22-17(23)15-10-1-2-11(7-10)16(15)18(22)24/h1-4,8-11,15-16H,6-7H2. The average Bonchev–Trinajstić information content (AvgIpc) is 3.27. The quantitative estimate of drug-likeness (QED) is 0.442. The molecule has 126 valence electrons. The fourth-order valence-electron chi connectivity index (χ4n) is 3.98. The summed E-state index contributed by atoms with van der Waals surface area (Å²) >= 11 is 3.37. The Bertz CT molecular complexity index is 828. The largest absolute Gasteiger partial charge is 0.478 e. The number of hydrogen-bond acceptors (Lipinski definition) is 5. The van der Waals surface area contributed by atoms with E-state index in [1.54, 1.807) is 18.2 Å². The second-order valence-corrected chi connectivity index (χ2v) is 7.28. The van der Waals surface area contributed by atoms with Crippen LogP contribution >= 0.6 is 15.9 Å². The molecule has 4 atom stereocenters. The van der Waals surface area contributed by atoms with Gasteiger partial charge in [0.05, 0.1) is 18.1 Å². The predicted molar refractivity (Wildman–Crippen MR) is 92.4 cm³/mol. The van der Waals surface area contributed by atoms with E-state index in [1.807, 2.05) is 18.2 Å². The van der Waals surface area contributed by atoms with Crippen LogP contribution in [0.4, 0.5) is 0 Å². The lowest BCUT2D eigenvalue weighted by Gasteiger charge is -2.13. The smallest absolute Gasteiger partial charge is 0.254 e. The Labute approximate surface area is 152 Å². The van der Waals surface area contributed by atoms with Gasteiger partial charge in [-0.15, -0.1) is 0 Å². The number of carbonyl (C=O) groups excluding carboxylic acids is 2. The van der Waals surface area contributed by atoms with Gasteiger partial charge in [0.2, 0.25) is 0 Å². The van der Waals surface area contributed by atoms with Gasteiger partial charge in [-0.1, -0.05) is 28.1 Å². The molecule has 1 heterocycles. The second kappa shape index (κ2) is 6.12. The fourth-order valence-corrected chi connectivity index (χ4v) is 4.36. The number of ether oxygens (including phenoxy) is 1.